The summed E-state index contributed by atoms with van der Waals surface area (Å²) < 4.78 is 6.02. The highest BCUT2D eigenvalue weighted by Gasteiger charge is 2.33. The highest BCUT2D eigenvalue weighted by molar-refractivity contribution is 5.98. The number of hydrogen-bond donors (Lipinski definition) is 0. The molecule has 1 aliphatic carbocycles. The van der Waals surface area contributed by atoms with Crippen molar-refractivity contribution in [3.8, 4) is 0 Å². The Morgan fingerprint density at radius 2 is 1.68 bits per heavy atom. The van der Waals surface area contributed by atoms with Crippen molar-refractivity contribution in [2.75, 3.05) is 0 Å². The van der Waals surface area contributed by atoms with Crippen molar-refractivity contribution in [1.29, 1.82) is 0 Å². The smallest absolute Gasteiger partial charge is 0.230 e. The summed E-state index contributed by atoms with van der Waals surface area (Å²) in [5.41, 5.74) is 4.30. The van der Waals surface area contributed by atoms with E-state index in [0.29, 0.717) is 19.4 Å². The summed E-state index contributed by atoms with van der Waals surface area (Å²) in [7, 11) is 0. The maximum Gasteiger partial charge on any atom is 0.230 e. The van der Waals surface area contributed by atoms with Crippen molar-refractivity contribution >= 4 is 22.8 Å². The number of amides is 2. The lowest BCUT2D eigenvalue weighted by molar-refractivity contribution is -0.149. The second-order valence-corrected chi connectivity index (χ2v) is 7.93. The summed E-state index contributed by atoms with van der Waals surface area (Å²) >= 11 is 0. The topological polar surface area (TPSA) is 50.5 Å². The molecule has 0 N–H and O–H groups in total. The van der Waals surface area contributed by atoms with Gasteiger partial charge in [0.15, 0.2) is 0 Å². The molecule has 142 valence electrons. The zero-order valence-corrected chi connectivity index (χ0v) is 15.8. The maximum atomic E-state index is 12.7. The number of hydrogen-bond acceptors (Lipinski definition) is 3. The van der Waals surface area contributed by atoms with Gasteiger partial charge in [0.2, 0.25) is 11.8 Å². The summed E-state index contributed by atoms with van der Waals surface area (Å²) in [6.07, 6.45) is 5.20. The van der Waals surface area contributed by atoms with E-state index in [2.05, 4.69) is 6.07 Å². The van der Waals surface area contributed by atoms with Crippen LogP contribution >= 0.6 is 0 Å². The lowest BCUT2D eigenvalue weighted by Crippen LogP contribution is -2.42. The van der Waals surface area contributed by atoms with Crippen molar-refractivity contribution in [2.45, 2.75) is 51.0 Å². The number of carbonyl (C=O) groups excluding carboxylic acids is 2. The van der Waals surface area contributed by atoms with Gasteiger partial charge in [-0.25, -0.2) is 0 Å². The molecule has 0 bridgehead atoms. The number of piperidine rings is 1. The first-order valence-electron chi connectivity index (χ1n) is 10.1. The number of furan rings is 1. The fourth-order valence-corrected chi connectivity index (χ4v) is 4.57. The molecule has 0 spiro atoms. The third kappa shape index (κ3) is 3.03. The fraction of sp³-hybridized carbons (Fsp3) is 0.333. The Bertz CT molecular complexity index is 1030. The number of aryl methyl sites for hydroxylation is 2. The lowest BCUT2D eigenvalue weighted by Gasteiger charge is -2.30. The predicted molar refractivity (Wildman–Crippen MR) is 107 cm³/mol. The number of fused-ring (bicyclic) bond motifs is 3. The number of imide groups is 1. The Kier molecular flexibility index (Phi) is 4.27. The van der Waals surface area contributed by atoms with Crippen molar-refractivity contribution < 1.29 is 14.0 Å². The van der Waals surface area contributed by atoms with Gasteiger partial charge in [-0.2, -0.15) is 0 Å². The quantitative estimate of drug-likeness (QED) is 0.623. The molecule has 2 amide bonds. The van der Waals surface area contributed by atoms with Crippen molar-refractivity contribution in [1.82, 2.24) is 4.90 Å². The largest absolute Gasteiger partial charge is 0.461 e. The number of rotatable bonds is 3. The van der Waals surface area contributed by atoms with Crippen LogP contribution in [0, 0.1) is 0 Å². The molecule has 2 aliphatic rings. The van der Waals surface area contributed by atoms with E-state index in [1.165, 1.54) is 28.7 Å². The van der Waals surface area contributed by atoms with Gasteiger partial charge in [0.25, 0.3) is 0 Å². The second kappa shape index (κ2) is 6.93. The number of benzene rings is 2. The van der Waals surface area contributed by atoms with E-state index >= 15 is 0 Å². The van der Waals surface area contributed by atoms with E-state index in [0.717, 1.165) is 35.3 Å². The Morgan fingerprint density at radius 3 is 2.46 bits per heavy atom. The first kappa shape index (κ1) is 17.2. The number of carbonyl (C=O) groups is 2. The van der Waals surface area contributed by atoms with Gasteiger partial charge in [0.1, 0.15) is 11.3 Å². The molecule has 1 aromatic heterocycles. The Morgan fingerprint density at radius 1 is 0.929 bits per heavy atom. The molecule has 1 aliphatic heterocycles. The van der Waals surface area contributed by atoms with Crippen LogP contribution < -0.4 is 0 Å². The summed E-state index contributed by atoms with van der Waals surface area (Å²) in [6, 6.07) is 15.9. The minimum absolute atomic E-state index is 0.0504. The normalized spacial score (nSPS) is 17.9. The van der Waals surface area contributed by atoms with Gasteiger partial charge in [-0.1, -0.05) is 36.4 Å². The summed E-state index contributed by atoms with van der Waals surface area (Å²) in [5, 5.41) is 1.17. The highest BCUT2D eigenvalue weighted by atomic mass is 16.3. The average Bonchev–Trinajstić information content (AvgIpc) is 3.09. The molecule has 4 heteroatoms. The van der Waals surface area contributed by atoms with Crippen LogP contribution in [0.5, 0.6) is 0 Å². The third-order valence-corrected chi connectivity index (χ3v) is 6.08. The molecule has 2 heterocycles. The monoisotopic (exact) mass is 373 g/mol. The van der Waals surface area contributed by atoms with Gasteiger partial charge in [0.05, 0.1) is 6.54 Å². The van der Waals surface area contributed by atoms with Crippen LogP contribution in [0.25, 0.3) is 11.0 Å². The third-order valence-electron chi connectivity index (χ3n) is 6.08. The predicted octanol–water partition coefficient (Wildman–Crippen LogP) is 4.74. The highest BCUT2D eigenvalue weighted by Crippen LogP contribution is 2.36. The molecule has 4 nitrogen and oxygen atoms in total. The molecule has 5 rings (SSSR count). The SMILES string of the molecule is O=C1CC(c2ccc3oc4c(c3c2)CCCC4)CC(=O)N1Cc1ccccc1. The van der Waals surface area contributed by atoms with E-state index in [9.17, 15) is 9.59 Å². The van der Waals surface area contributed by atoms with Gasteiger partial charge in [-0.3, -0.25) is 14.5 Å². The minimum atomic E-state index is -0.0839. The van der Waals surface area contributed by atoms with Crippen LogP contribution in [0.1, 0.15) is 54.1 Å². The van der Waals surface area contributed by atoms with E-state index in [1.54, 1.807) is 0 Å². The number of likely N-dealkylation sites (tertiary alicyclic amines) is 1. The van der Waals surface area contributed by atoms with Crippen LogP contribution in [0.4, 0.5) is 0 Å². The van der Waals surface area contributed by atoms with Crippen LogP contribution in [0.2, 0.25) is 0 Å². The van der Waals surface area contributed by atoms with E-state index in [4.69, 9.17) is 4.42 Å². The van der Waals surface area contributed by atoms with Crippen molar-refractivity contribution in [2.24, 2.45) is 0 Å². The Hall–Kier alpha value is -2.88. The average molecular weight is 373 g/mol. The Labute approximate surface area is 164 Å². The fourth-order valence-electron chi connectivity index (χ4n) is 4.57. The molecule has 1 saturated heterocycles. The van der Waals surface area contributed by atoms with Crippen molar-refractivity contribution in [3.05, 3.63) is 71.0 Å². The molecule has 3 aromatic rings. The van der Waals surface area contributed by atoms with Gasteiger partial charge in [0, 0.05) is 36.1 Å². The molecule has 28 heavy (non-hydrogen) atoms. The van der Waals surface area contributed by atoms with Gasteiger partial charge < -0.3 is 4.42 Å². The van der Waals surface area contributed by atoms with Gasteiger partial charge in [-0.15, -0.1) is 0 Å². The summed E-state index contributed by atoms with van der Waals surface area (Å²) in [5.74, 6) is 0.896. The zero-order chi connectivity index (χ0) is 19.1. The first-order chi connectivity index (χ1) is 13.7. The maximum absolute atomic E-state index is 12.7. The molecular formula is C24H23NO3. The molecule has 2 aromatic carbocycles. The van der Waals surface area contributed by atoms with E-state index < -0.39 is 0 Å². The van der Waals surface area contributed by atoms with Crippen molar-refractivity contribution in [3.63, 3.8) is 0 Å². The molecule has 0 saturated carbocycles. The summed E-state index contributed by atoms with van der Waals surface area (Å²) in [4.78, 5) is 26.9. The van der Waals surface area contributed by atoms with Crippen LogP contribution in [-0.4, -0.2) is 16.7 Å². The van der Waals surface area contributed by atoms with Crippen LogP contribution in [0.3, 0.4) is 0 Å². The van der Waals surface area contributed by atoms with Crippen LogP contribution in [0.15, 0.2) is 52.9 Å². The Balaban J connectivity index is 1.39. The molecule has 1 fully saturated rings. The molecule has 0 atom stereocenters. The lowest BCUT2D eigenvalue weighted by atomic mass is 9.87. The van der Waals surface area contributed by atoms with Gasteiger partial charge >= 0.3 is 0 Å². The van der Waals surface area contributed by atoms with Gasteiger partial charge in [-0.05, 0) is 42.5 Å². The first-order valence-corrected chi connectivity index (χ1v) is 10.1. The van der Waals surface area contributed by atoms with E-state index in [-0.39, 0.29) is 17.7 Å². The summed E-state index contributed by atoms with van der Waals surface area (Å²) in [6.45, 7) is 0.361. The second-order valence-electron chi connectivity index (χ2n) is 7.93. The molecular weight excluding hydrogens is 350 g/mol. The zero-order valence-electron chi connectivity index (χ0n) is 15.8. The number of nitrogens with zero attached hydrogens (tertiary/aromatic N) is 1. The molecule has 0 unspecified atom stereocenters. The standard InChI is InChI=1S/C24H23NO3/c26-23-13-18(14-24(27)25(23)15-16-6-2-1-3-7-16)17-10-11-22-20(12-17)19-8-4-5-9-21(19)28-22/h1-3,6-7,10-12,18H,4-5,8-9,13-15H2. The van der Waals surface area contributed by atoms with E-state index in [1.807, 2.05) is 42.5 Å². The minimum Gasteiger partial charge on any atom is -0.461 e. The van der Waals surface area contributed by atoms with Crippen LogP contribution in [-0.2, 0) is 29.0 Å². The molecule has 0 radical (unpaired) electrons.